The van der Waals surface area contributed by atoms with Gasteiger partial charge in [0, 0.05) is 0 Å². The summed E-state index contributed by atoms with van der Waals surface area (Å²) in [6.07, 6.45) is 1.12. The lowest BCUT2D eigenvalue weighted by Gasteiger charge is -2.27. The molecule has 2 nitrogen and oxygen atoms in total. The van der Waals surface area contributed by atoms with Crippen molar-refractivity contribution in [3.05, 3.63) is 0 Å². The van der Waals surface area contributed by atoms with E-state index in [0.717, 1.165) is 12.8 Å². The van der Waals surface area contributed by atoms with Crippen LogP contribution in [-0.2, 0) is 0 Å². The Morgan fingerprint density at radius 1 is 1.22 bits per heavy atom. The van der Waals surface area contributed by atoms with Crippen molar-refractivity contribution in [2.24, 2.45) is 0 Å². The molecule has 0 heterocycles. The van der Waals surface area contributed by atoms with Gasteiger partial charge in [0.1, 0.15) is 0 Å². The SMILES string of the molecule is O[C@@H]1[C@H](O)CCC[C@H]1Cl. The van der Waals surface area contributed by atoms with Gasteiger partial charge in [0.15, 0.2) is 0 Å². The zero-order valence-corrected chi connectivity index (χ0v) is 5.88. The van der Waals surface area contributed by atoms with Gasteiger partial charge in [0.25, 0.3) is 0 Å². The Kier molecular flexibility index (Phi) is 2.33. The van der Waals surface area contributed by atoms with Crippen LogP contribution in [0.25, 0.3) is 0 Å². The molecule has 1 rings (SSSR count). The molecule has 1 aliphatic rings. The van der Waals surface area contributed by atoms with Crippen LogP contribution in [0.1, 0.15) is 19.3 Å². The average Bonchev–Trinajstić information content (AvgIpc) is 1.83. The molecule has 3 atom stereocenters. The molecule has 9 heavy (non-hydrogen) atoms. The molecule has 54 valence electrons. The monoisotopic (exact) mass is 150 g/mol. The quantitative estimate of drug-likeness (QED) is 0.494. The van der Waals surface area contributed by atoms with Crippen LogP contribution in [0.4, 0.5) is 0 Å². The summed E-state index contributed by atoms with van der Waals surface area (Å²) >= 11 is 5.65. The number of hydrogen-bond donors (Lipinski definition) is 2. The molecule has 0 bridgehead atoms. The van der Waals surface area contributed by atoms with Crippen molar-refractivity contribution in [2.75, 3.05) is 0 Å². The van der Waals surface area contributed by atoms with Gasteiger partial charge >= 0.3 is 0 Å². The highest BCUT2D eigenvalue weighted by atomic mass is 35.5. The molecule has 2 N–H and O–H groups in total. The van der Waals surface area contributed by atoms with E-state index in [2.05, 4.69) is 0 Å². The van der Waals surface area contributed by atoms with Crippen molar-refractivity contribution >= 4 is 11.6 Å². The highest BCUT2D eigenvalue weighted by Crippen LogP contribution is 2.22. The summed E-state index contributed by atoms with van der Waals surface area (Å²) in [4.78, 5) is 0. The molecule has 0 amide bonds. The second-order valence-corrected chi connectivity index (χ2v) is 3.07. The molecule has 0 radical (unpaired) electrons. The van der Waals surface area contributed by atoms with E-state index < -0.39 is 12.2 Å². The van der Waals surface area contributed by atoms with Crippen LogP contribution in [0.5, 0.6) is 0 Å². The average molecular weight is 151 g/mol. The van der Waals surface area contributed by atoms with E-state index in [9.17, 15) is 0 Å². The van der Waals surface area contributed by atoms with Gasteiger partial charge in [-0.15, -0.1) is 11.6 Å². The minimum Gasteiger partial charge on any atom is -0.390 e. The van der Waals surface area contributed by atoms with Gasteiger partial charge in [-0.3, -0.25) is 0 Å². The van der Waals surface area contributed by atoms with E-state index >= 15 is 0 Å². The normalized spacial score (nSPS) is 45.0. The van der Waals surface area contributed by atoms with Gasteiger partial charge < -0.3 is 10.2 Å². The van der Waals surface area contributed by atoms with Crippen LogP contribution in [0.3, 0.4) is 0 Å². The summed E-state index contributed by atoms with van der Waals surface area (Å²) in [5, 5.41) is 17.8. The first kappa shape index (κ1) is 7.32. The molecule has 1 fully saturated rings. The zero-order valence-electron chi connectivity index (χ0n) is 5.13. The first-order chi connectivity index (χ1) is 4.22. The highest BCUT2D eigenvalue weighted by molar-refractivity contribution is 6.21. The second kappa shape index (κ2) is 2.86. The maximum atomic E-state index is 9.06. The van der Waals surface area contributed by atoms with Gasteiger partial charge in [-0.2, -0.15) is 0 Å². The number of aliphatic hydroxyl groups excluding tert-OH is 2. The van der Waals surface area contributed by atoms with E-state index in [4.69, 9.17) is 21.8 Å². The summed E-state index contributed by atoms with van der Waals surface area (Å²) < 4.78 is 0. The summed E-state index contributed by atoms with van der Waals surface area (Å²) in [6, 6.07) is 0. The van der Waals surface area contributed by atoms with Gasteiger partial charge in [0.05, 0.1) is 17.6 Å². The van der Waals surface area contributed by atoms with Crippen molar-refractivity contribution in [3.8, 4) is 0 Å². The van der Waals surface area contributed by atoms with Crippen molar-refractivity contribution in [1.82, 2.24) is 0 Å². The van der Waals surface area contributed by atoms with Crippen molar-refractivity contribution in [2.45, 2.75) is 36.8 Å². The second-order valence-electron chi connectivity index (χ2n) is 2.50. The molecule has 0 saturated heterocycles. The number of rotatable bonds is 0. The lowest BCUT2D eigenvalue weighted by atomic mass is 9.95. The van der Waals surface area contributed by atoms with Crippen LogP contribution in [0.15, 0.2) is 0 Å². The predicted molar refractivity (Wildman–Crippen MR) is 35.5 cm³/mol. The summed E-state index contributed by atoms with van der Waals surface area (Å²) in [5.41, 5.74) is 0. The molecular formula is C6H11ClO2. The predicted octanol–water partition coefficient (Wildman–Crippen LogP) is 0.499. The van der Waals surface area contributed by atoms with Crippen LogP contribution in [0.2, 0.25) is 0 Å². The lowest BCUT2D eigenvalue weighted by molar-refractivity contribution is -0.00579. The topological polar surface area (TPSA) is 40.5 Å². The third kappa shape index (κ3) is 1.57. The van der Waals surface area contributed by atoms with E-state index in [1.165, 1.54) is 0 Å². The van der Waals surface area contributed by atoms with Gasteiger partial charge in [0.2, 0.25) is 0 Å². The van der Waals surface area contributed by atoms with Crippen LogP contribution < -0.4 is 0 Å². The van der Waals surface area contributed by atoms with E-state index in [1.54, 1.807) is 0 Å². The maximum absolute atomic E-state index is 9.06. The molecule has 0 aromatic heterocycles. The molecule has 0 unspecified atom stereocenters. The Balaban J connectivity index is 2.41. The van der Waals surface area contributed by atoms with Gasteiger partial charge in [-0.05, 0) is 19.3 Å². The van der Waals surface area contributed by atoms with Crippen LogP contribution in [0, 0.1) is 0 Å². The Hall–Kier alpha value is 0.210. The molecular weight excluding hydrogens is 140 g/mol. The molecule has 0 spiro atoms. The van der Waals surface area contributed by atoms with Crippen LogP contribution in [-0.4, -0.2) is 27.8 Å². The summed E-state index contributed by atoms with van der Waals surface area (Å²) in [7, 11) is 0. The number of alkyl halides is 1. The summed E-state index contributed by atoms with van der Waals surface area (Å²) in [6.45, 7) is 0. The fourth-order valence-corrected chi connectivity index (χ4v) is 1.43. The van der Waals surface area contributed by atoms with E-state index in [1.807, 2.05) is 0 Å². The van der Waals surface area contributed by atoms with E-state index in [0.29, 0.717) is 6.42 Å². The number of hydrogen-bond acceptors (Lipinski definition) is 2. The van der Waals surface area contributed by atoms with E-state index in [-0.39, 0.29) is 5.38 Å². The van der Waals surface area contributed by atoms with Crippen LogP contribution >= 0.6 is 11.6 Å². The number of aliphatic hydroxyl groups is 2. The fourth-order valence-electron chi connectivity index (χ4n) is 1.10. The Bertz CT molecular complexity index is 87.1. The molecule has 3 heteroatoms. The first-order valence-electron chi connectivity index (χ1n) is 3.22. The zero-order chi connectivity index (χ0) is 6.85. The van der Waals surface area contributed by atoms with Crippen molar-refractivity contribution < 1.29 is 10.2 Å². The lowest BCUT2D eigenvalue weighted by Crippen LogP contribution is -2.37. The number of halogens is 1. The summed E-state index contributed by atoms with van der Waals surface area (Å²) in [5.74, 6) is 0. The third-order valence-corrected chi connectivity index (χ3v) is 2.22. The van der Waals surface area contributed by atoms with Crippen molar-refractivity contribution in [1.29, 1.82) is 0 Å². The smallest absolute Gasteiger partial charge is 0.0962 e. The molecule has 0 aliphatic heterocycles. The highest BCUT2D eigenvalue weighted by Gasteiger charge is 2.28. The standard InChI is InChI=1S/C6H11ClO2/c7-4-2-1-3-5(8)6(4)9/h4-6,8-9H,1-3H2/t4-,5-,6+/m1/s1. The molecule has 0 aromatic rings. The molecule has 1 aliphatic carbocycles. The first-order valence-corrected chi connectivity index (χ1v) is 3.65. The Morgan fingerprint density at radius 2 is 1.89 bits per heavy atom. The minimum absolute atomic E-state index is 0.242. The fraction of sp³-hybridized carbons (Fsp3) is 1.00. The molecule has 0 aromatic carbocycles. The minimum atomic E-state index is -0.708. The third-order valence-electron chi connectivity index (χ3n) is 1.74. The van der Waals surface area contributed by atoms with Crippen molar-refractivity contribution in [3.63, 3.8) is 0 Å². The largest absolute Gasteiger partial charge is 0.390 e. The molecule has 1 saturated carbocycles. The van der Waals surface area contributed by atoms with Gasteiger partial charge in [-0.1, -0.05) is 0 Å². The maximum Gasteiger partial charge on any atom is 0.0962 e. The van der Waals surface area contributed by atoms with Gasteiger partial charge in [-0.25, -0.2) is 0 Å². The Morgan fingerprint density at radius 3 is 2.33 bits per heavy atom. The Labute approximate surface area is 59.4 Å².